The summed E-state index contributed by atoms with van der Waals surface area (Å²) in [6, 6.07) is 38.4. The monoisotopic (exact) mass is 2530 g/mol. The van der Waals surface area contributed by atoms with Gasteiger partial charge in [0.05, 0.1) is 64.4 Å². The molecule has 0 unspecified atom stereocenters. The topological polar surface area (TPSA) is 520 Å². The highest BCUT2D eigenvalue weighted by atomic mass is 127. The Morgan fingerprint density at radius 2 is 0.703 bits per heavy atom. The molecule has 0 radical (unpaired) electrons. The zero-order chi connectivity index (χ0) is 107. The summed E-state index contributed by atoms with van der Waals surface area (Å²) in [6.07, 6.45) is 23.6. The molecule has 145 heavy (non-hydrogen) atoms. The van der Waals surface area contributed by atoms with Gasteiger partial charge < -0.3 is 60.3 Å². The molecule has 3 aliphatic rings. The van der Waals surface area contributed by atoms with Crippen LogP contribution in [0.15, 0.2) is 312 Å². The standard InChI is InChI=1S/C17H17N5O3S.C16H20BN3O4S.C12H24B2O4.C10H6BrClN2O2S.C10H6BrClN2S.C10H8BrN3O2S.C7H9ClN2O.C5H4BrNS.C5H3ClIN/c1-17(2,23)12-8-21-16(22-9-12)11-3-6-15(20-7-11)26(24,25)13-4-5-14(18)19-10-13;1-15(2)16(3,4)24-17(23-15)11-5-8-14(20-9-11)25(21,22)12-6-7-13(18)19-10-12;1-9(2)10(3,4)16-13(15-9)14-17-11(5,6)12(7,8)18-14;11-7-1-4-10(14-5-7)17(15,16)8-2-3-9(12)13-6-8;11-7-1-4-10(14-5-7)15-8-2-3-9(12)13-6-8;11-7-1-4-10(14-5-7)17(15,16)8-2-3-9(12)13-6-8;1-7(2,11)5-3-9-6(8)10-4-5;6-4-1-2-5(8)7-3-4;6-5-2-1-4(7)3-8-5/h3-10,23H,1-2H3,(H2,18,19);5-10H,1-4H3,(H2,18,19);1-8H3;1-6H;1-6H;1-6H,(H2,12,13);3-4,11H,1-2H3;1-3H,(H,7,8);1-3H. The Morgan fingerprint density at radius 1 is 0.366 bits per heavy atom. The van der Waals surface area contributed by atoms with Crippen molar-refractivity contribution in [1.29, 1.82) is 0 Å². The number of nitrogens with zero attached hydrogens (tertiary/aromatic N) is 15. The van der Waals surface area contributed by atoms with Crippen molar-refractivity contribution in [2.75, 3.05) is 17.2 Å². The van der Waals surface area contributed by atoms with Gasteiger partial charge in [0.2, 0.25) is 44.6 Å². The van der Waals surface area contributed by atoms with E-state index in [1.165, 1.54) is 147 Å². The van der Waals surface area contributed by atoms with Crippen LogP contribution >= 0.6 is 157 Å². The Balaban J connectivity index is 0.000000186. The molecule has 3 aliphatic heterocycles. The number of rotatable bonds is 15. The van der Waals surface area contributed by atoms with Gasteiger partial charge in [0, 0.05) is 148 Å². The number of H-pyrrole nitrogens is 1. The first-order valence-corrected chi connectivity index (χ1v) is 55.6. The van der Waals surface area contributed by atoms with E-state index in [1.807, 2.05) is 126 Å². The zero-order valence-corrected chi connectivity index (χ0v) is 96.7. The van der Waals surface area contributed by atoms with Crippen molar-refractivity contribution in [1.82, 2.24) is 79.7 Å². The van der Waals surface area contributed by atoms with Crippen LogP contribution in [0.5, 0.6) is 0 Å². The van der Waals surface area contributed by atoms with Crippen LogP contribution in [-0.2, 0) is 78.5 Å². The molecule has 0 spiro atoms. The zero-order valence-electron chi connectivity index (χ0n) is 80.2. The van der Waals surface area contributed by atoms with Crippen molar-refractivity contribution < 1.29 is 71.8 Å². The average Bonchev–Trinajstić information content (AvgIpc) is 1.59. The lowest BCUT2D eigenvalue weighted by atomic mass is 9.49. The average molecular weight is 2540 g/mol. The third-order valence-electron chi connectivity index (χ3n) is 21.5. The fourth-order valence-electron chi connectivity index (χ4n) is 11.2. The van der Waals surface area contributed by atoms with Gasteiger partial charge in [-0.05, 0) is 348 Å². The number of sulfone groups is 4. The second-order valence-corrected chi connectivity index (χ2v) is 50.5. The number of aromatic amines is 1. The van der Waals surface area contributed by atoms with Gasteiger partial charge in [-0.2, -0.15) is 0 Å². The van der Waals surface area contributed by atoms with Gasteiger partial charge in [-0.15, -0.1) is 0 Å². The van der Waals surface area contributed by atoms with E-state index in [1.54, 1.807) is 94.4 Å². The van der Waals surface area contributed by atoms with Crippen molar-refractivity contribution in [3.8, 4) is 11.4 Å². The summed E-state index contributed by atoms with van der Waals surface area (Å²) in [4.78, 5) is 62.9. The quantitative estimate of drug-likeness (QED) is 0.0182. The van der Waals surface area contributed by atoms with Crippen LogP contribution in [0.3, 0.4) is 0 Å². The van der Waals surface area contributed by atoms with Crippen molar-refractivity contribution in [2.24, 2.45) is 0 Å². The largest absolute Gasteiger partial charge is 0.496 e. The molecule has 0 bridgehead atoms. The Kier molecular flexibility index (Phi) is 42.0. The van der Waals surface area contributed by atoms with Crippen LogP contribution in [0.1, 0.15) is 122 Å². The summed E-state index contributed by atoms with van der Waals surface area (Å²) < 4.78 is 140. The van der Waals surface area contributed by atoms with E-state index >= 15 is 0 Å². The summed E-state index contributed by atoms with van der Waals surface area (Å²) in [5, 5.41) is 21.6. The molecule has 0 amide bonds. The highest BCUT2D eigenvalue weighted by Crippen LogP contribution is 2.44. The van der Waals surface area contributed by atoms with Gasteiger partial charge in [0.1, 0.15) is 42.6 Å². The highest BCUT2D eigenvalue weighted by Gasteiger charge is 2.64. The molecule has 17 heterocycles. The summed E-state index contributed by atoms with van der Waals surface area (Å²) in [5.41, 5.74) is 14.5. The molecule has 764 valence electrons. The minimum atomic E-state index is -3.78. The molecule has 53 heteroatoms. The third-order valence-corrected chi connectivity index (χ3v) is 32.7. The van der Waals surface area contributed by atoms with Crippen molar-refractivity contribution in [3.05, 3.63) is 303 Å². The number of hydrogen-bond donors (Lipinski definition) is 6. The number of nitrogens with two attached hydrogens (primary N) is 3. The predicted molar refractivity (Wildman–Crippen MR) is 582 cm³/mol. The lowest BCUT2D eigenvalue weighted by molar-refractivity contribution is 0.00578. The number of aromatic nitrogens is 16. The number of halogens is 9. The molecule has 0 aromatic carbocycles. The lowest BCUT2D eigenvalue weighted by Gasteiger charge is -2.32. The van der Waals surface area contributed by atoms with Crippen LogP contribution in [-0.4, -0.2) is 178 Å². The Labute approximate surface area is 918 Å². The molecule has 9 N–H and O–H groups in total. The number of anilines is 3. The van der Waals surface area contributed by atoms with E-state index in [0.29, 0.717) is 47.2 Å². The van der Waals surface area contributed by atoms with E-state index in [2.05, 4.69) is 166 Å². The molecular weight excluding hydrogens is 2440 g/mol. The fourth-order valence-corrected chi connectivity index (χ4v) is 18.2. The minimum Gasteiger partial charge on any atom is -0.405 e. The third kappa shape index (κ3) is 34.5. The lowest BCUT2D eigenvalue weighted by Crippen LogP contribution is -2.41. The molecule has 14 aromatic heterocycles. The molecule has 0 saturated carbocycles. The molecule has 0 atom stereocenters. The van der Waals surface area contributed by atoms with E-state index in [0.717, 1.165) is 27.1 Å². The molecular formula is C92H97B3Br4Cl4IN19O16S6. The normalized spacial score (nSPS) is 15.1. The summed E-state index contributed by atoms with van der Waals surface area (Å²) in [7, 11) is -16.3. The SMILES string of the molecule is CC(C)(O)c1cnc(-c2ccc(S(=O)(=O)c3ccc(N)nc3)nc2)nc1.CC(C)(O)c1cnc(Cl)nc1.CC1(C)OB(B2OC(C)(C)C(C)(C)O2)OC1(C)C.CC1(C)OB(c2ccc(S(=O)(=O)c3ccc(N)nc3)nc2)OC1(C)C.Clc1ccc(I)cn1.Clc1ccc(Sc2ccc(Br)cn2)cn1.Nc1ccc(S(=O)(=O)c2ccc(Br)cn2)cn1.O=S(=O)(c1ccc(Cl)nc1)c1ccc(Br)cn1.S=c1ccc(Br)c[nH]1. The minimum absolute atomic E-state index is 0.0118. The fraction of sp³-hybridized carbons (Fsp3) is 0.261. The molecule has 3 fully saturated rings. The number of nitrogen functional groups attached to an aromatic ring is 3. The molecule has 35 nitrogen and oxygen atoms in total. The van der Waals surface area contributed by atoms with Crippen LogP contribution in [0.4, 0.5) is 17.5 Å². The second-order valence-electron chi connectivity index (χ2n) is 34.9. The molecule has 17 rings (SSSR count). The van der Waals surface area contributed by atoms with E-state index in [4.69, 9.17) is 104 Å². The Morgan fingerprint density at radius 3 is 1.00 bits per heavy atom. The van der Waals surface area contributed by atoms with Gasteiger partial charge in [-0.1, -0.05) is 64.8 Å². The molecule has 14 aromatic rings. The Bertz CT molecular complexity index is 6840. The van der Waals surface area contributed by atoms with Crippen LogP contribution in [0, 0.1) is 8.21 Å². The number of hydrogen-bond acceptors (Lipinski definition) is 36. The summed E-state index contributed by atoms with van der Waals surface area (Å²) >= 11 is 43.8. The van der Waals surface area contributed by atoms with Crippen LogP contribution in [0.2, 0.25) is 20.7 Å². The van der Waals surface area contributed by atoms with Crippen molar-refractivity contribution >= 4 is 240 Å². The first kappa shape index (κ1) is 120. The first-order chi connectivity index (χ1) is 67.4. The second kappa shape index (κ2) is 50.8. The van der Waals surface area contributed by atoms with Gasteiger partial charge in [0.15, 0.2) is 25.9 Å². The van der Waals surface area contributed by atoms with E-state index in [9.17, 15) is 43.9 Å². The maximum atomic E-state index is 12.6. The van der Waals surface area contributed by atoms with E-state index < -0.39 is 82.9 Å². The van der Waals surface area contributed by atoms with Gasteiger partial charge in [-0.3, -0.25) is 0 Å². The smallest absolute Gasteiger partial charge is 0.405 e. The number of pyridine rings is 12. The molecule has 0 aliphatic carbocycles. The summed E-state index contributed by atoms with van der Waals surface area (Å²) in [5.74, 6) is 1.14. The number of nitrogens with one attached hydrogen (secondary N) is 1. The van der Waals surface area contributed by atoms with E-state index in [-0.39, 0.29) is 90.0 Å². The maximum Gasteiger partial charge on any atom is 0.496 e. The number of aliphatic hydroxyl groups is 2. The van der Waals surface area contributed by atoms with Gasteiger partial charge >= 0.3 is 21.1 Å². The highest BCUT2D eigenvalue weighted by molar-refractivity contribution is 14.1. The molecule has 3 saturated heterocycles. The van der Waals surface area contributed by atoms with Crippen LogP contribution in [0.25, 0.3) is 11.4 Å². The van der Waals surface area contributed by atoms with Crippen LogP contribution < -0.4 is 22.7 Å². The van der Waals surface area contributed by atoms with Gasteiger partial charge in [0.25, 0.3) is 0 Å². The van der Waals surface area contributed by atoms with Crippen molar-refractivity contribution in [3.63, 3.8) is 0 Å². The summed E-state index contributed by atoms with van der Waals surface area (Å²) in [6.45, 7) is 30.6. The van der Waals surface area contributed by atoms with Gasteiger partial charge in [-0.25, -0.2) is 108 Å². The predicted octanol–water partition coefficient (Wildman–Crippen LogP) is 19.6. The van der Waals surface area contributed by atoms with Crippen molar-refractivity contribution in [2.45, 2.75) is 205 Å². The first-order valence-electron chi connectivity index (χ1n) is 42.7. The Hall–Kier alpha value is -8.59. The maximum absolute atomic E-state index is 12.6.